The molecule has 1 atom stereocenters. The Morgan fingerprint density at radius 2 is 1.94 bits per heavy atom. The Bertz CT molecular complexity index is 1320. The normalized spacial score (nSPS) is 17.7. The number of methoxy groups -OCH3 is 1. The van der Waals surface area contributed by atoms with Gasteiger partial charge in [0.05, 0.1) is 30.6 Å². The minimum absolute atomic E-state index is 0.0280. The maximum Gasteiger partial charge on any atom is 0.243 e. The zero-order chi connectivity index (χ0) is 22.5. The molecule has 0 spiro atoms. The summed E-state index contributed by atoms with van der Waals surface area (Å²) in [6, 6.07) is 8.16. The molecule has 2 aliphatic rings. The van der Waals surface area contributed by atoms with E-state index >= 15 is 0 Å². The second kappa shape index (κ2) is 7.87. The third kappa shape index (κ3) is 3.53. The topological polar surface area (TPSA) is 110 Å². The van der Waals surface area contributed by atoms with Crippen LogP contribution in [0.25, 0.3) is 22.4 Å². The summed E-state index contributed by atoms with van der Waals surface area (Å²) in [7, 11) is -2.10. The molecule has 2 aliphatic carbocycles. The van der Waals surface area contributed by atoms with Crippen LogP contribution in [0.5, 0.6) is 5.75 Å². The zero-order valence-corrected chi connectivity index (χ0v) is 18.9. The molecule has 0 bridgehead atoms. The molecule has 8 nitrogen and oxygen atoms in total. The van der Waals surface area contributed by atoms with Gasteiger partial charge in [-0.2, -0.15) is 5.26 Å². The van der Waals surface area contributed by atoms with Crippen molar-refractivity contribution < 1.29 is 13.2 Å². The van der Waals surface area contributed by atoms with Crippen molar-refractivity contribution in [1.29, 1.82) is 5.26 Å². The SMILES string of the molecule is COc1ccc2c(c1)c(C#N)c(-c1ncc(S(=O)(=O)N[C@@H](C)C3CC3)cn1)n2C1CCC1. The highest BCUT2D eigenvalue weighted by Crippen LogP contribution is 2.42. The summed E-state index contributed by atoms with van der Waals surface area (Å²) in [5, 5.41) is 10.8. The first-order valence-corrected chi connectivity index (χ1v) is 12.4. The van der Waals surface area contributed by atoms with E-state index in [2.05, 4.69) is 25.3 Å². The highest BCUT2D eigenvalue weighted by atomic mass is 32.2. The molecule has 166 valence electrons. The van der Waals surface area contributed by atoms with E-state index in [-0.39, 0.29) is 17.0 Å². The number of hydrogen-bond acceptors (Lipinski definition) is 6. The fraction of sp³-hybridized carbons (Fsp3) is 0.435. The largest absolute Gasteiger partial charge is 0.497 e. The minimum atomic E-state index is -3.70. The van der Waals surface area contributed by atoms with Gasteiger partial charge in [0.2, 0.25) is 10.0 Å². The Labute approximate surface area is 187 Å². The standard InChI is InChI=1S/C23H25N5O3S/c1-14(15-6-7-15)27-32(29,30)18-12-25-23(26-13-18)22-20(11-24)19-10-17(31-2)8-9-21(19)28(22)16-4-3-5-16/h8-10,12-16,27H,3-7H2,1-2H3/t14-/m0/s1. The van der Waals surface area contributed by atoms with E-state index in [4.69, 9.17) is 4.74 Å². The molecule has 2 heterocycles. The maximum atomic E-state index is 12.7. The van der Waals surface area contributed by atoms with Gasteiger partial charge in [0.15, 0.2) is 5.82 Å². The number of ether oxygens (including phenoxy) is 1. The van der Waals surface area contributed by atoms with Gasteiger partial charge in [-0.05, 0) is 63.1 Å². The minimum Gasteiger partial charge on any atom is -0.497 e. The van der Waals surface area contributed by atoms with Crippen molar-refractivity contribution in [3.05, 3.63) is 36.2 Å². The molecule has 9 heteroatoms. The molecular formula is C23H25N5O3S. The molecule has 0 unspecified atom stereocenters. The van der Waals surface area contributed by atoms with Crippen molar-refractivity contribution in [2.24, 2.45) is 5.92 Å². The van der Waals surface area contributed by atoms with Crippen LogP contribution in [0.4, 0.5) is 0 Å². The van der Waals surface area contributed by atoms with Crippen LogP contribution in [0.3, 0.4) is 0 Å². The summed E-state index contributed by atoms with van der Waals surface area (Å²) < 4.78 is 35.7. The Kier molecular flexibility index (Phi) is 5.14. The van der Waals surface area contributed by atoms with Crippen LogP contribution in [0, 0.1) is 17.2 Å². The molecule has 32 heavy (non-hydrogen) atoms. The smallest absolute Gasteiger partial charge is 0.243 e. The molecule has 2 aromatic heterocycles. The van der Waals surface area contributed by atoms with Gasteiger partial charge in [0.25, 0.3) is 0 Å². The van der Waals surface area contributed by atoms with Crippen LogP contribution in [-0.2, 0) is 10.0 Å². The molecule has 2 saturated carbocycles. The van der Waals surface area contributed by atoms with Gasteiger partial charge in [-0.1, -0.05) is 0 Å². The van der Waals surface area contributed by atoms with Crippen molar-refractivity contribution in [3.63, 3.8) is 0 Å². The first-order chi connectivity index (χ1) is 15.4. The average Bonchev–Trinajstić information content (AvgIpc) is 3.56. The van der Waals surface area contributed by atoms with Crippen molar-refractivity contribution in [2.45, 2.75) is 56.0 Å². The molecule has 1 aromatic carbocycles. The highest BCUT2D eigenvalue weighted by Gasteiger charge is 2.32. The Morgan fingerprint density at radius 3 is 2.50 bits per heavy atom. The summed E-state index contributed by atoms with van der Waals surface area (Å²) in [5.41, 5.74) is 2.04. The maximum absolute atomic E-state index is 12.7. The number of sulfonamides is 1. The van der Waals surface area contributed by atoms with E-state index < -0.39 is 10.0 Å². The number of aromatic nitrogens is 3. The number of rotatable bonds is 7. The van der Waals surface area contributed by atoms with Gasteiger partial charge >= 0.3 is 0 Å². The van der Waals surface area contributed by atoms with Gasteiger partial charge < -0.3 is 9.30 Å². The number of nitrogens with one attached hydrogen (secondary N) is 1. The third-order valence-electron chi connectivity index (χ3n) is 6.58. The number of hydrogen-bond donors (Lipinski definition) is 1. The summed E-state index contributed by atoms with van der Waals surface area (Å²) >= 11 is 0. The first kappa shape index (κ1) is 20.9. The molecule has 2 fully saturated rings. The fourth-order valence-electron chi connectivity index (χ4n) is 4.36. The molecule has 3 aromatic rings. The predicted octanol–water partition coefficient (Wildman–Crippen LogP) is 3.78. The van der Waals surface area contributed by atoms with Gasteiger partial charge in [0, 0.05) is 17.5 Å². The van der Waals surface area contributed by atoms with E-state index in [0.717, 1.165) is 43.0 Å². The van der Waals surface area contributed by atoms with Crippen LogP contribution in [-0.4, -0.2) is 36.1 Å². The third-order valence-corrected chi connectivity index (χ3v) is 8.10. The predicted molar refractivity (Wildman–Crippen MR) is 120 cm³/mol. The number of nitriles is 1. The van der Waals surface area contributed by atoms with Gasteiger partial charge in [-0.3, -0.25) is 0 Å². The Morgan fingerprint density at radius 1 is 1.22 bits per heavy atom. The van der Waals surface area contributed by atoms with Crippen LogP contribution in [0.1, 0.15) is 50.6 Å². The molecule has 0 amide bonds. The van der Waals surface area contributed by atoms with E-state index in [1.807, 2.05) is 25.1 Å². The van der Waals surface area contributed by atoms with Crippen molar-refractivity contribution in [2.75, 3.05) is 7.11 Å². The fourth-order valence-corrected chi connectivity index (χ4v) is 5.56. The van der Waals surface area contributed by atoms with Crippen LogP contribution >= 0.6 is 0 Å². The molecule has 5 rings (SSSR count). The summed E-state index contributed by atoms with van der Waals surface area (Å²) in [5.74, 6) is 1.42. The second-order valence-corrected chi connectivity index (χ2v) is 10.4. The molecule has 0 aliphatic heterocycles. The average molecular weight is 452 g/mol. The summed E-state index contributed by atoms with van der Waals surface area (Å²) in [6.45, 7) is 1.88. The monoisotopic (exact) mass is 451 g/mol. The van der Waals surface area contributed by atoms with Gasteiger partial charge in [0.1, 0.15) is 22.4 Å². The number of nitrogens with zero attached hydrogens (tertiary/aromatic N) is 4. The van der Waals surface area contributed by atoms with Gasteiger partial charge in [-0.25, -0.2) is 23.1 Å². The van der Waals surface area contributed by atoms with Crippen LogP contribution in [0.15, 0.2) is 35.5 Å². The molecule has 0 saturated heterocycles. The molecule has 0 radical (unpaired) electrons. The zero-order valence-electron chi connectivity index (χ0n) is 18.1. The Balaban J connectivity index is 1.59. The van der Waals surface area contributed by atoms with E-state index in [1.165, 1.54) is 12.4 Å². The van der Waals surface area contributed by atoms with E-state index in [0.29, 0.717) is 28.7 Å². The van der Waals surface area contributed by atoms with Crippen LogP contribution < -0.4 is 9.46 Å². The quantitative estimate of drug-likeness (QED) is 0.585. The molecular weight excluding hydrogens is 426 g/mol. The summed E-state index contributed by atoms with van der Waals surface area (Å²) in [4.78, 5) is 8.82. The molecule has 1 N–H and O–H groups in total. The highest BCUT2D eigenvalue weighted by molar-refractivity contribution is 7.89. The Hall–Kier alpha value is -2.96. The van der Waals surface area contributed by atoms with E-state index in [9.17, 15) is 13.7 Å². The lowest BCUT2D eigenvalue weighted by atomic mass is 9.92. The van der Waals surface area contributed by atoms with Crippen molar-refractivity contribution in [1.82, 2.24) is 19.3 Å². The number of fused-ring (bicyclic) bond motifs is 1. The first-order valence-electron chi connectivity index (χ1n) is 10.9. The lowest BCUT2D eigenvalue weighted by Crippen LogP contribution is -2.34. The lowest BCUT2D eigenvalue weighted by molar-refractivity contribution is 0.323. The van der Waals surface area contributed by atoms with Crippen molar-refractivity contribution in [3.8, 4) is 23.3 Å². The van der Waals surface area contributed by atoms with Crippen molar-refractivity contribution >= 4 is 20.9 Å². The lowest BCUT2D eigenvalue weighted by Gasteiger charge is -2.29. The summed E-state index contributed by atoms with van der Waals surface area (Å²) in [6.07, 6.45) is 7.92. The number of benzene rings is 1. The second-order valence-electron chi connectivity index (χ2n) is 8.66. The van der Waals surface area contributed by atoms with Gasteiger partial charge in [-0.15, -0.1) is 0 Å². The van der Waals surface area contributed by atoms with E-state index in [1.54, 1.807) is 7.11 Å². The van der Waals surface area contributed by atoms with Crippen LogP contribution in [0.2, 0.25) is 0 Å².